The van der Waals surface area contributed by atoms with Crippen molar-refractivity contribution < 1.29 is 13.5 Å². The van der Waals surface area contributed by atoms with Crippen molar-refractivity contribution in [3.63, 3.8) is 0 Å². The number of nitrogen functional groups attached to an aromatic ring is 1. The first-order valence-electron chi connectivity index (χ1n) is 4.63. The SMILES string of the molecule is Nc1ccc(S(=O)(=O)NCCCO)c(Br)c1. The van der Waals surface area contributed by atoms with E-state index in [2.05, 4.69) is 20.7 Å². The van der Waals surface area contributed by atoms with E-state index >= 15 is 0 Å². The number of aliphatic hydroxyl groups excluding tert-OH is 1. The Kier molecular flexibility index (Phi) is 4.72. The standard InChI is InChI=1S/C9H13BrN2O3S/c10-8-6-7(11)2-3-9(8)16(14,15)12-4-1-5-13/h2-3,6,12-13H,1,4-5,11H2. The van der Waals surface area contributed by atoms with Crippen molar-refractivity contribution in [1.82, 2.24) is 4.72 Å². The number of hydrogen-bond donors (Lipinski definition) is 3. The summed E-state index contributed by atoms with van der Waals surface area (Å²) in [5, 5.41) is 8.56. The summed E-state index contributed by atoms with van der Waals surface area (Å²) in [5.74, 6) is 0. The van der Waals surface area contributed by atoms with E-state index < -0.39 is 10.0 Å². The van der Waals surface area contributed by atoms with Crippen molar-refractivity contribution >= 4 is 31.6 Å². The highest BCUT2D eigenvalue weighted by atomic mass is 79.9. The van der Waals surface area contributed by atoms with E-state index in [1.807, 2.05) is 0 Å². The van der Waals surface area contributed by atoms with Crippen molar-refractivity contribution in [1.29, 1.82) is 0 Å². The maximum Gasteiger partial charge on any atom is 0.241 e. The highest BCUT2D eigenvalue weighted by Gasteiger charge is 2.16. The first kappa shape index (κ1) is 13.4. The number of halogens is 1. The Labute approximate surface area is 103 Å². The Morgan fingerprint density at radius 2 is 2.12 bits per heavy atom. The summed E-state index contributed by atoms with van der Waals surface area (Å²) in [6.45, 7) is 0.154. The molecule has 0 saturated heterocycles. The maximum atomic E-state index is 11.8. The van der Waals surface area contributed by atoms with Gasteiger partial charge in [0.2, 0.25) is 10.0 Å². The lowest BCUT2D eigenvalue weighted by Gasteiger charge is -2.08. The van der Waals surface area contributed by atoms with Gasteiger partial charge in [-0.3, -0.25) is 0 Å². The molecule has 0 spiro atoms. The predicted molar refractivity (Wildman–Crippen MR) is 65.4 cm³/mol. The first-order valence-corrected chi connectivity index (χ1v) is 6.90. The van der Waals surface area contributed by atoms with Crippen LogP contribution in [0.3, 0.4) is 0 Å². The van der Waals surface area contributed by atoms with Gasteiger partial charge in [0.05, 0.1) is 4.90 Å². The van der Waals surface area contributed by atoms with Crippen LogP contribution in [0.15, 0.2) is 27.6 Å². The van der Waals surface area contributed by atoms with Gasteiger partial charge in [-0.1, -0.05) is 0 Å². The molecule has 1 aromatic rings. The fourth-order valence-electron chi connectivity index (χ4n) is 1.10. The third-order valence-electron chi connectivity index (χ3n) is 1.87. The van der Waals surface area contributed by atoms with E-state index in [0.717, 1.165) is 0 Å². The van der Waals surface area contributed by atoms with Crippen molar-refractivity contribution in [3.05, 3.63) is 22.7 Å². The molecular formula is C9H13BrN2O3S. The molecule has 0 heterocycles. The summed E-state index contributed by atoms with van der Waals surface area (Å²) in [5.41, 5.74) is 6.00. The minimum Gasteiger partial charge on any atom is -0.399 e. The fourth-order valence-corrected chi connectivity index (χ4v) is 3.27. The van der Waals surface area contributed by atoms with Crippen LogP contribution in [0, 0.1) is 0 Å². The van der Waals surface area contributed by atoms with Crippen LogP contribution in [0.2, 0.25) is 0 Å². The van der Waals surface area contributed by atoms with Gasteiger partial charge in [-0.15, -0.1) is 0 Å². The molecule has 0 unspecified atom stereocenters. The molecule has 1 aromatic carbocycles. The molecule has 4 N–H and O–H groups in total. The molecule has 0 aliphatic heterocycles. The van der Waals surface area contributed by atoms with Crippen LogP contribution in [0.4, 0.5) is 5.69 Å². The predicted octanol–water partition coefficient (Wildman–Crippen LogP) is 0.692. The number of sulfonamides is 1. The number of rotatable bonds is 5. The van der Waals surface area contributed by atoms with Gasteiger partial charge >= 0.3 is 0 Å². The molecule has 0 radical (unpaired) electrons. The quantitative estimate of drug-likeness (QED) is 0.551. The minimum atomic E-state index is -3.54. The van der Waals surface area contributed by atoms with Crippen molar-refractivity contribution in [2.24, 2.45) is 0 Å². The summed E-state index contributed by atoms with van der Waals surface area (Å²) >= 11 is 3.14. The molecule has 0 atom stereocenters. The van der Waals surface area contributed by atoms with Crippen LogP contribution in [0.25, 0.3) is 0 Å². The summed E-state index contributed by atoms with van der Waals surface area (Å²) in [6.07, 6.45) is 0.381. The summed E-state index contributed by atoms with van der Waals surface area (Å²) in [6, 6.07) is 4.48. The van der Waals surface area contributed by atoms with Crippen molar-refractivity contribution in [2.45, 2.75) is 11.3 Å². The van der Waals surface area contributed by atoms with Crippen LogP contribution in [0.1, 0.15) is 6.42 Å². The molecule has 0 saturated carbocycles. The van der Waals surface area contributed by atoms with Gasteiger partial charge in [-0.05, 0) is 40.5 Å². The Morgan fingerprint density at radius 3 is 2.69 bits per heavy atom. The molecular weight excluding hydrogens is 296 g/mol. The minimum absolute atomic E-state index is 0.0502. The van der Waals surface area contributed by atoms with Gasteiger partial charge in [0.1, 0.15) is 0 Å². The molecule has 0 aromatic heterocycles. The van der Waals surface area contributed by atoms with Crippen LogP contribution >= 0.6 is 15.9 Å². The molecule has 0 bridgehead atoms. The Hall–Kier alpha value is -0.630. The van der Waals surface area contributed by atoms with E-state index in [1.165, 1.54) is 18.2 Å². The number of aliphatic hydroxyl groups is 1. The highest BCUT2D eigenvalue weighted by molar-refractivity contribution is 9.10. The normalized spacial score (nSPS) is 11.6. The number of benzene rings is 1. The van der Waals surface area contributed by atoms with Gasteiger partial charge < -0.3 is 10.8 Å². The highest BCUT2D eigenvalue weighted by Crippen LogP contribution is 2.23. The van der Waals surface area contributed by atoms with Gasteiger partial charge in [0.25, 0.3) is 0 Å². The van der Waals surface area contributed by atoms with E-state index in [9.17, 15) is 8.42 Å². The van der Waals surface area contributed by atoms with Gasteiger partial charge in [0, 0.05) is 23.3 Å². The van der Waals surface area contributed by atoms with Gasteiger partial charge in [-0.25, -0.2) is 13.1 Å². The van der Waals surface area contributed by atoms with E-state index in [4.69, 9.17) is 10.8 Å². The van der Waals surface area contributed by atoms with E-state index in [-0.39, 0.29) is 18.0 Å². The van der Waals surface area contributed by atoms with Gasteiger partial charge in [-0.2, -0.15) is 0 Å². The molecule has 0 amide bonds. The average Bonchev–Trinajstić information content (AvgIpc) is 2.17. The zero-order chi connectivity index (χ0) is 12.2. The molecule has 5 nitrogen and oxygen atoms in total. The second kappa shape index (κ2) is 5.62. The van der Waals surface area contributed by atoms with Crippen LogP contribution in [-0.2, 0) is 10.0 Å². The number of hydrogen-bond acceptors (Lipinski definition) is 4. The number of anilines is 1. The van der Waals surface area contributed by atoms with Crippen LogP contribution in [0.5, 0.6) is 0 Å². The van der Waals surface area contributed by atoms with E-state index in [1.54, 1.807) is 0 Å². The summed E-state index contributed by atoms with van der Waals surface area (Å²) in [4.78, 5) is 0.139. The Bertz CT molecular complexity index is 462. The topological polar surface area (TPSA) is 92.4 Å². The molecule has 16 heavy (non-hydrogen) atoms. The maximum absolute atomic E-state index is 11.8. The molecule has 0 aliphatic carbocycles. The summed E-state index contributed by atoms with van der Waals surface area (Å²) < 4.78 is 26.3. The molecule has 0 fully saturated rings. The van der Waals surface area contributed by atoms with Crippen LogP contribution in [-0.4, -0.2) is 26.7 Å². The average molecular weight is 309 g/mol. The Morgan fingerprint density at radius 1 is 1.44 bits per heavy atom. The smallest absolute Gasteiger partial charge is 0.241 e. The zero-order valence-corrected chi connectivity index (χ0v) is 10.9. The molecule has 90 valence electrons. The lowest BCUT2D eigenvalue weighted by molar-refractivity contribution is 0.289. The molecule has 1 rings (SSSR count). The van der Waals surface area contributed by atoms with E-state index in [0.29, 0.717) is 16.6 Å². The third kappa shape index (κ3) is 3.44. The first-order chi connectivity index (χ1) is 7.47. The largest absolute Gasteiger partial charge is 0.399 e. The molecule has 0 aliphatic rings. The van der Waals surface area contributed by atoms with Crippen molar-refractivity contribution in [3.8, 4) is 0 Å². The second-order valence-corrected chi connectivity index (χ2v) is 5.75. The summed E-state index contributed by atoms with van der Waals surface area (Å²) in [7, 11) is -3.54. The monoisotopic (exact) mass is 308 g/mol. The van der Waals surface area contributed by atoms with Crippen molar-refractivity contribution in [2.75, 3.05) is 18.9 Å². The Balaban J connectivity index is 2.90. The van der Waals surface area contributed by atoms with Crippen LogP contribution < -0.4 is 10.5 Å². The number of nitrogens with two attached hydrogens (primary N) is 1. The third-order valence-corrected chi connectivity index (χ3v) is 4.31. The molecule has 7 heteroatoms. The van der Waals surface area contributed by atoms with Gasteiger partial charge in [0.15, 0.2) is 0 Å². The fraction of sp³-hybridized carbons (Fsp3) is 0.333. The lowest BCUT2D eigenvalue weighted by Crippen LogP contribution is -2.25. The lowest BCUT2D eigenvalue weighted by atomic mass is 10.3. The second-order valence-electron chi connectivity index (χ2n) is 3.16. The zero-order valence-electron chi connectivity index (χ0n) is 8.48. The number of nitrogens with one attached hydrogen (secondary N) is 1.